The van der Waals surface area contributed by atoms with E-state index in [1.807, 2.05) is 11.0 Å². The summed E-state index contributed by atoms with van der Waals surface area (Å²) in [6, 6.07) is 7.15. The summed E-state index contributed by atoms with van der Waals surface area (Å²) in [5.74, 6) is -0.00946. The zero-order chi connectivity index (χ0) is 15.8. The maximum absolute atomic E-state index is 12.5. The molecular formula is C17H24N2O3. The van der Waals surface area contributed by atoms with Crippen LogP contribution in [0.3, 0.4) is 0 Å². The van der Waals surface area contributed by atoms with Gasteiger partial charge in [-0.25, -0.2) is 0 Å². The van der Waals surface area contributed by atoms with Crippen molar-refractivity contribution in [2.75, 3.05) is 31.6 Å². The molecule has 0 saturated carbocycles. The van der Waals surface area contributed by atoms with E-state index in [4.69, 9.17) is 4.74 Å². The van der Waals surface area contributed by atoms with Crippen LogP contribution in [0.15, 0.2) is 24.3 Å². The van der Waals surface area contributed by atoms with Gasteiger partial charge in [-0.2, -0.15) is 0 Å². The Balaban J connectivity index is 2.00. The lowest BCUT2D eigenvalue weighted by Crippen LogP contribution is -2.33. The number of amides is 2. The van der Waals surface area contributed by atoms with Crippen molar-refractivity contribution < 1.29 is 14.3 Å². The minimum Gasteiger partial charge on any atom is -0.380 e. The molecule has 0 radical (unpaired) electrons. The van der Waals surface area contributed by atoms with Crippen molar-refractivity contribution >= 4 is 17.5 Å². The molecule has 1 fully saturated rings. The van der Waals surface area contributed by atoms with Crippen molar-refractivity contribution in [1.82, 2.24) is 4.90 Å². The lowest BCUT2D eigenvalue weighted by molar-refractivity contribution is -0.116. The summed E-state index contributed by atoms with van der Waals surface area (Å²) in [7, 11) is 0. The predicted octanol–water partition coefficient (Wildman–Crippen LogP) is 2.68. The van der Waals surface area contributed by atoms with Crippen LogP contribution in [0.4, 0.5) is 5.69 Å². The third kappa shape index (κ3) is 4.84. The second-order valence-corrected chi connectivity index (χ2v) is 5.49. The maximum Gasteiger partial charge on any atom is 0.254 e. The summed E-state index contributed by atoms with van der Waals surface area (Å²) in [6.07, 6.45) is 3.23. The summed E-state index contributed by atoms with van der Waals surface area (Å²) in [5.41, 5.74) is 1.29. The molecule has 120 valence electrons. The first-order valence-electron chi connectivity index (χ1n) is 7.97. The zero-order valence-corrected chi connectivity index (χ0v) is 13.1. The van der Waals surface area contributed by atoms with Gasteiger partial charge in [0.15, 0.2) is 0 Å². The van der Waals surface area contributed by atoms with E-state index in [-0.39, 0.29) is 11.8 Å². The highest BCUT2D eigenvalue weighted by molar-refractivity contribution is 5.97. The monoisotopic (exact) mass is 304 g/mol. The van der Waals surface area contributed by atoms with Gasteiger partial charge in [-0.15, -0.1) is 0 Å². The third-order valence-electron chi connectivity index (χ3n) is 3.66. The van der Waals surface area contributed by atoms with Gasteiger partial charge in [0.25, 0.3) is 5.91 Å². The van der Waals surface area contributed by atoms with Gasteiger partial charge in [0.05, 0.1) is 6.61 Å². The average molecular weight is 304 g/mol. The van der Waals surface area contributed by atoms with Crippen LogP contribution in [-0.4, -0.2) is 43.0 Å². The molecule has 0 aliphatic carbocycles. The van der Waals surface area contributed by atoms with E-state index in [2.05, 4.69) is 12.2 Å². The Kier molecular flexibility index (Phi) is 6.40. The minimum absolute atomic E-state index is 0.00448. The molecule has 0 unspecified atom stereocenters. The highest BCUT2D eigenvalue weighted by atomic mass is 16.5. The number of unbranched alkanes of at least 4 members (excludes halogenated alkanes) is 1. The third-order valence-corrected chi connectivity index (χ3v) is 3.66. The van der Waals surface area contributed by atoms with Gasteiger partial charge < -0.3 is 15.0 Å². The van der Waals surface area contributed by atoms with Gasteiger partial charge in [0.2, 0.25) is 5.91 Å². The summed E-state index contributed by atoms with van der Waals surface area (Å²) >= 11 is 0. The quantitative estimate of drug-likeness (QED) is 0.910. The molecule has 1 N–H and O–H groups in total. The highest BCUT2D eigenvalue weighted by Crippen LogP contribution is 2.14. The van der Waals surface area contributed by atoms with Gasteiger partial charge in [-0.05, 0) is 31.0 Å². The van der Waals surface area contributed by atoms with Gasteiger partial charge in [0, 0.05) is 37.4 Å². The van der Waals surface area contributed by atoms with E-state index < -0.39 is 0 Å². The SMILES string of the molecule is CCCCC(=O)Nc1cccc(C(=O)N2CCCOCC2)c1. The molecule has 1 saturated heterocycles. The molecule has 0 aromatic heterocycles. The lowest BCUT2D eigenvalue weighted by atomic mass is 10.1. The van der Waals surface area contributed by atoms with E-state index in [9.17, 15) is 9.59 Å². The van der Waals surface area contributed by atoms with E-state index in [1.54, 1.807) is 18.2 Å². The highest BCUT2D eigenvalue weighted by Gasteiger charge is 2.17. The average Bonchev–Trinajstić information content (AvgIpc) is 2.81. The van der Waals surface area contributed by atoms with Crippen LogP contribution < -0.4 is 5.32 Å². The first kappa shape index (κ1) is 16.5. The van der Waals surface area contributed by atoms with Crippen LogP contribution in [-0.2, 0) is 9.53 Å². The Labute approximate surface area is 131 Å². The summed E-state index contributed by atoms with van der Waals surface area (Å²) in [6.45, 7) is 4.67. The summed E-state index contributed by atoms with van der Waals surface area (Å²) in [4.78, 5) is 26.1. The number of nitrogens with zero attached hydrogens (tertiary/aromatic N) is 1. The summed E-state index contributed by atoms with van der Waals surface area (Å²) < 4.78 is 5.37. The number of benzene rings is 1. The first-order valence-corrected chi connectivity index (χ1v) is 7.97. The van der Waals surface area contributed by atoms with Crippen LogP contribution >= 0.6 is 0 Å². The predicted molar refractivity (Wildman–Crippen MR) is 85.9 cm³/mol. The van der Waals surface area contributed by atoms with Crippen LogP contribution in [0.2, 0.25) is 0 Å². The first-order chi connectivity index (χ1) is 10.7. The van der Waals surface area contributed by atoms with E-state index in [0.29, 0.717) is 44.0 Å². The van der Waals surface area contributed by atoms with E-state index >= 15 is 0 Å². The molecule has 1 aromatic rings. The lowest BCUT2D eigenvalue weighted by Gasteiger charge is -2.20. The van der Waals surface area contributed by atoms with E-state index in [0.717, 1.165) is 19.3 Å². The fraction of sp³-hybridized carbons (Fsp3) is 0.529. The van der Waals surface area contributed by atoms with Crippen molar-refractivity contribution in [1.29, 1.82) is 0 Å². The molecule has 5 nitrogen and oxygen atoms in total. The maximum atomic E-state index is 12.5. The number of carbonyl (C=O) groups excluding carboxylic acids is 2. The second kappa shape index (κ2) is 8.54. The Hall–Kier alpha value is -1.88. The molecule has 22 heavy (non-hydrogen) atoms. The Bertz CT molecular complexity index is 508. The van der Waals surface area contributed by atoms with Crippen LogP contribution in [0.1, 0.15) is 43.0 Å². The number of rotatable bonds is 5. The van der Waals surface area contributed by atoms with Gasteiger partial charge in [0.1, 0.15) is 0 Å². The molecule has 1 aliphatic heterocycles. The van der Waals surface area contributed by atoms with Crippen molar-refractivity contribution in [2.45, 2.75) is 32.6 Å². The van der Waals surface area contributed by atoms with Crippen molar-refractivity contribution in [3.05, 3.63) is 29.8 Å². The molecular weight excluding hydrogens is 280 g/mol. The molecule has 0 atom stereocenters. The van der Waals surface area contributed by atoms with Gasteiger partial charge in [-0.3, -0.25) is 9.59 Å². The van der Waals surface area contributed by atoms with Crippen molar-refractivity contribution in [2.24, 2.45) is 0 Å². The zero-order valence-electron chi connectivity index (χ0n) is 13.1. The minimum atomic E-state index is -0.00498. The smallest absolute Gasteiger partial charge is 0.254 e. The molecule has 5 heteroatoms. The molecule has 0 bridgehead atoms. The molecule has 1 heterocycles. The van der Waals surface area contributed by atoms with Gasteiger partial charge in [-0.1, -0.05) is 19.4 Å². The molecule has 1 aromatic carbocycles. The number of ether oxygens (including phenoxy) is 1. The van der Waals surface area contributed by atoms with Crippen LogP contribution in [0.5, 0.6) is 0 Å². The fourth-order valence-corrected chi connectivity index (χ4v) is 2.42. The molecule has 0 spiro atoms. The number of hydrogen-bond donors (Lipinski definition) is 1. The normalized spacial score (nSPS) is 15.2. The fourth-order valence-electron chi connectivity index (χ4n) is 2.42. The van der Waals surface area contributed by atoms with Crippen molar-refractivity contribution in [3.63, 3.8) is 0 Å². The largest absolute Gasteiger partial charge is 0.380 e. The molecule has 1 aliphatic rings. The molecule has 2 rings (SSSR count). The standard InChI is InChI=1S/C17H24N2O3/c1-2-3-8-16(20)18-15-7-4-6-14(13-15)17(21)19-9-5-11-22-12-10-19/h4,6-7,13H,2-3,5,8-12H2,1H3,(H,18,20). The van der Waals surface area contributed by atoms with Crippen LogP contribution in [0.25, 0.3) is 0 Å². The Morgan fingerprint density at radius 3 is 2.95 bits per heavy atom. The number of nitrogens with one attached hydrogen (secondary N) is 1. The van der Waals surface area contributed by atoms with Gasteiger partial charge >= 0.3 is 0 Å². The molecule has 2 amide bonds. The summed E-state index contributed by atoms with van der Waals surface area (Å²) in [5, 5.41) is 2.85. The number of carbonyl (C=O) groups is 2. The Morgan fingerprint density at radius 1 is 1.27 bits per heavy atom. The number of anilines is 1. The number of hydrogen-bond acceptors (Lipinski definition) is 3. The topological polar surface area (TPSA) is 58.6 Å². The van der Waals surface area contributed by atoms with Crippen LogP contribution in [0, 0.1) is 0 Å². The van der Waals surface area contributed by atoms with Crippen molar-refractivity contribution in [3.8, 4) is 0 Å². The van der Waals surface area contributed by atoms with E-state index in [1.165, 1.54) is 0 Å². The second-order valence-electron chi connectivity index (χ2n) is 5.49. The Morgan fingerprint density at radius 2 is 2.14 bits per heavy atom.